The van der Waals surface area contributed by atoms with E-state index in [0.29, 0.717) is 22.5 Å². The van der Waals surface area contributed by atoms with Crippen LogP contribution in [0.4, 0.5) is 5.69 Å². The highest BCUT2D eigenvalue weighted by molar-refractivity contribution is 9.10. The molecule has 0 unspecified atom stereocenters. The van der Waals surface area contributed by atoms with E-state index in [2.05, 4.69) is 31.2 Å². The van der Waals surface area contributed by atoms with Gasteiger partial charge in [0, 0.05) is 10.2 Å². The molecule has 7 heteroatoms. The Morgan fingerprint density at radius 2 is 1.95 bits per heavy atom. The second kappa shape index (κ2) is 6.07. The number of carbonyl (C=O) groups is 1. The van der Waals surface area contributed by atoms with Gasteiger partial charge in [0.2, 0.25) is 0 Å². The largest absolute Gasteiger partial charge is 0.484 e. The van der Waals surface area contributed by atoms with Gasteiger partial charge < -0.3 is 20.0 Å². The van der Waals surface area contributed by atoms with Crippen LogP contribution in [0.3, 0.4) is 0 Å². The van der Waals surface area contributed by atoms with E-state index in [4.69, 9.17) is 4.74 Å². The Balaban J connectivity index is 1.64. The van der Waals surface area contributed by atoms with E-state index in [1.807, 2.05) is 12.1 Å². The molecule has 3 aromatic rings. The first-order valence-electron chi connectivity index (χ1n) is 6.50. The van der Waals surface area contributed by atoms with Gasteiger partial charge in [-0.2, -0.15) is 0 Å². The summed E-state index contributed by atoms with van der Waals surface area (Å²) in [5, 5.41) is 2.72. The zero-order chi connectivity index (χ0) is 15.5. The predicted molar refractivity (Wildman–Crippen MR) is 87.2 cm³/mol. The Morgan fingerprint density at radius 3 is 2.77 bits per heavy atom. The predicted octanol–water partition coefficient (Wildman–Crippen LogP) is 2.64. The van der Waals surface area contributed by atoms with Crippen LogP contribution in [0.1, 0.15) is 0 Å². The first-order chi connectivity index (χ1) is 10.6. The maximum atomic E-state index is 11.9. The van der Waals surface area contributed by atoms with Crippen molar-refractivity contribution in [3.05, 3.63) is 57.4 Å². The minimum atomic E-state index is -0.281. The third-order valence-corrected chi connectivity index (χ3v) is 3.46. The van der Waals surface area contributed by atoms with Crippen molar-refractivity contribution in [1.82, 2.24) is 9.97 Å². The Hall–Kier alpha value is -2.54. The molecule has 0 aliphatic carbocycles. The average Bonchev–Trinajstić information content (AvgIpc) is 2.84. The molecule has 0 spiro atoms. The number of hydrogen-bond donors (Lipinski definition) is 3. The molecule has 0 atom stereocenters. The fraction of sp³-hybridized carbons (Fsp3) is 0.0667. The quantitative estimate of drug-likeness (QED) is 0.667. The number of halogens is 1. The molecule has 1 aromatic heterocycles. The molecule has 1 amide bonds. The lowest BCUT2D eigenvalue weighted by molar-refractivity contribution is -0.118. The van der Waals surface area contributed by atoms with Crippen molar-refractivity contribution in [2.45, 2.75) is 0 Å². The van der Waals surface area contributed by atoms with E-state index in [-0.39, 0.29) is 18.2 Å². The topological polar surface area (TPSA) is 87.0 Å². The molecule has 2 aromatic carbocycles. The summed E-state index contributed by atoms with van der Waals surface area (Å²) < 4.78 is 6.29. The molecule has 3 N–H and O–H groups in total. The molecule has 3 rings (SSSR count). The number of H-pyrrole nitrogens is 2. The first-order valence-corrected chi connectivity index (χ1v) is 7.30. The van der Waals surface area contributed by atoms with Crippen LogP contribution < -0.4 is 15.7 Å². The molecular formula is C15H12BrN3O3. The van der Waals surface area contributed by atoms with Crippen LogP contribution in [0, 0.1) is 0 Å². The highest BCUT2D eigenvalue weighted by Gasteiger charge is 2.06. The van der Waals surface area contributed by atoms with Crippen molar-refractivity contribution in [3.8, 4) is 5.75 Å². The second-order valence-corrected chi connectivity index (χ2v) is 5.55. The number of rotatable bonds is 4. The molecule has 0 aliphatic rings. The number of aromatic nitrogens is 2. The number of nitrogens with one attached hydrogen (secondary N) is 3. The number of ether oxygens (including phenoxy) is 1. The summed E-state index contributed by atoms with van der Waals surface area (Å²) in [6.07, 6.45) is 0. The average molecular weight is 362 g/mol. The lowest BCUT2D eigenvalue weighted by Gasteiger charge is -2.07. The number of carbonyl (C=O) groups excluding carboxylic acids is 1. The monoisotopic (exact) mass is 361 g/mol. The number of hydrogen-bond acceptors (Lipinski definition) is 3. The number of aromatic amines is 2. The van der Waals surface area contributed by atoms with Gasteiger partial charge in [-0.05, 0) is 36.4 Å². The van der Waals surface area contributed by atoms with Crippen LogP contribution in [0.5, 0.6) is 5.75 Å². The smallest absolute Gasteiger partial charge is 0.323 e. The molecule has 0 saturated heterocycles. The van der Waals surface area contributed by atoms with Crippen LogP contribution in [0.15, 0.2) is 51.7 Å². The summed E-state index contributed by atoms with van der Waals surface area (Å²) >= 11 is 3.34. The zero-order valence-electron chi connectivity index (χ0n) is 11.4. The highest BCUT2D eigenvalue weighted by atomic mass is 79.9. The summed E-state index contributed by atoms with van der Waals surface area (Å²) in [7, 11) is 0. The molecule has 1 heterocycles. The SMILES string of the molecule is O=C(COc1cccc(Br)c1)Nc1ccc2[nH]c(=O)[nH]c2c1. The van der Waals surface area contributed by atoms with E-state index in [0.717, 1.165) is 4.47 Å². The third-order valence-electron chi connectivity index (χ3n) is 2.97. The summed E-state index contributed by atoms with van der Waals surface area (Å²) in [4.78, 5) is 28.3. The van der Waals surface area contributed by atoms with Gasteiger partial charge in [-0.3, -0.25) is 4.79 Å². The van der Waals surface area contributed by atoms with E-state index in [1.54, 1.807) is 30.3 Å². The van der Waals surface area contributed by atoms with Crippen molar-refractivity contribution in [2.24, 2.45) is 0 Å². The Kier molecular flexibility index (Phi) is 3.97. The van der Waals surface area contributed by atoms with E-state index < -0.39 is 0 Å². The van der Waals surface area contributed by atoms with E-state index >= 15 is 0 Å². The van der Waals surface area contributed by atoms with Crippen LogP contribution in [-0.2, 0) is 4.79 Å². The molecule has 0 bridgehead atoms. The van der Waals surface area contributed by atoms with Gasteiger partial charge in [0.05, 0.1) is 11.0 Å². The van der Waals surface area contributed by atoms with Crippen molar-refractivity contribution in [2.75, 3.05) is 11.9 Å². The van der Waals surface area contributed by atoms with Gasteiger partial charge in [-0.25, -0.2) is 4.79 Å². The van der Waals surface area contributed by atoms with Crippen LogP contribution in [0.25, 0.3) is 11.0 Å². The van der Waals surface area contributed by atoms with Gasteiger partial charge in [0.25, 0.3) is 5.91 Å². The maximum Gasteiger partial charge on any atom is 0.323 e. The third kappa shape index (κ3) is 3.37. The number of imidazole rings is 1. The van der Waals surface area contributed by atoms with Crippen molar-refractivity contribution < 1.29 is 9.53 Å². The zero-order valence-corrected chi connectivity index (χ0v) is 12.9. The van der Waals surface area contributed by atoms with E-state index in [9.17, 15) is 9.59 Å². The van der Waals surface area contributed by atoms with Crippen molar-refractivity contribution in [3.63, 3.8) is 0 Å². The number of amides is 1. The lowest BCUT2D eigenvalue weighted by atomic mass is 10.3. The van der Waals surface area contributed by atoms with Gasteiger partial charge in [0.15, 0.2) is 6.61 Å². The van der Waals surface area contributed by atoms with Crippen molar-refractivity contribution >= 4 is 38.6 Å². The Labute approximate surface area is 133 Å². The maximum absolute atomic E-state index is 11.9. The standard InChI is InChI=1S/C15H12BrN3O3/c16-9-2-1-3-11(6-9)22-8-14(20)17-10-4-5-12-13(7-10)19-15(21)18-12/h1-7H,8H2,(H,17,20)(H2,18,19,21). The molecule has 0 fully saturated rings. The normalized spacial score (nSPS) is 10.6. The molecule has 0 radical (unpaired) electrons. The van der Waals surface area contributed by atoms with Gasteiger partial charge in [0.1, 0.15) is 5.75 Å². The van der Waals surface area contributed by atoms with E-state index in [1.165, 1.54) is 0 Å². The molecule has 112 valence electrons. The molecule has 22 heavy (non-hydrogen) atoms. The number of fused-ring (bicyclic) bond motifs is 1. The van der Waals surface area contributed by atoms with Crippen LogP contribution in [0.2, 0.25) is 0 Å². The fourth-order valence-electron chi connectivity index (χ4n) is 2.01. The van der Waals surface area contributed by atoms with Crippen molar-refractivity contribution in [1.29, 1.82) is 0 Å². The summed E-state index contributed by atoms with van der Waals surface area (Å²) in [5.74, 6) is 0.326. The molecule has 0 aliphatic heterocycles. The first kappa shape index (κ1) is 14.4. The summed E-state index contributed by atoms with van der Waals surface area (Å²) in [6.45, 7) is -0.0991. The Morgan fingerprint density at radius 1 is 1.14 bits per heavy atom. The van der Waals surface area contributed by atoms with Gasteiger partial charge in [-0.1, -0.05) is 22.0 Å². The molecule has 0 saturated carbocycles. The molecule has 6 nitrogen and oxygen atoms in total. The van der Waals surface area contributed by atoms with Crippen LogP contribution >= 0.6 is 15.9 Å². The number of anilines is 1. The van der Waals surface area contributed by atoms with Gasteiger partial charge >= 0.3 is 5.69 Å². The minimum Gasteiger partial charge on any atom is -0.484 e. The molecular weight excluding hydrogens is 350 g/mol. The number of benzene rings is 2. The fourth-order valence-corrected chi connectivity index (χ4v) is 2.39. The highest BCUT2D eigenvalue weighted by Crippen LogP contribution is 2.18. The summed E-state index contributed by atoms with van der Waals surface area (Å²) in [6, 6.07) is 12.4. The summed E-state index contributed by atoms with van der Waals surface area (Å²) in [5.41, 5.74) is 1.63. The minimum absolute atomic E-state index is 0.0991. The lowest BCUT2D eigenvalue weighted by Crippen LogP contribution is -2.20. The van der Waals surface area contributed by atoms with Gasteiger partial charge in [-0.15, -0.1) is 0 Å². The second-order valence-electron chi connectivity index (χ2n) is 4.63. The Bertz CT molecular complexity index is 885. The van der Waals surface area contributed by atoms with Crippen LogP contribution in [-0.4, -0.2) is 22.5 Å².